The molecule has 0 spiro atoms. The molecule has 8 nitrogen and oxygen atoms in total. The Labute approximate surface area is 274 Å². The number of benzene rings is 3. The second kappa shape index (κ2) is 13.5. The van der Waals surface area contributed by atoms with Crippen LogP contribution in [0.3, 0.4) is 0 Å². The first-order chi connectivity index (χ1) is 20.8. The molecule has 0 saturated heterocycles. The molecule has 11 heteroatoms. The lowest BCUT2D eigenvalue weighted by molar-refractivity contribution is -0.138. The van der Waals surface area contributed by atoms with Crippen LogP contribution in [-0.4, -0.2) is 38.0 Å². The summed E-state index contributed by atoms with van der Waals surface area (Å²) in [7, 11) is 3.09. The molecule has 0 bridgehead atoms. The van der Waals surface area contributed by atoms with E-state index in [-0.39, 0.29) is 17.7 Å². The topological polar surface area (TPSA) is 88.4 Å². The lowest BCUT2D eigenvalue weighted by atomic mass is 9.93. The van der Waals surface area contributed by atoms with Crippen molar-refractivity contribution in [3.63, 3.8) is 0 Å². The molecule has 43 heavy (non-hydrogen) atoms. The number of fused-ring (bicyclic) bond motifs is 1. The number of methoxy groups -OCH3 is 2. The van der Waals surface area contributed by atoms with Crippen molar-refractivity contribution in [2.45, 2.75) is 19.9 Å². The average molecular weight is 775 g/mol. The molecule has 1 aromatic heterocycles. The van der Waals surface area contributed by atoms with Crippen LogP contribution in [-0.2, 0) is 9.53 Å². The van der Waals surface area contributed by atoms with Gasteiger partial charge in [-0.3, -0.25) is 9.36 Å². The zero-order valence-electron chi connectivity index (χ0n) is 23.9. The molecule has 1 aliphatic heterocycles. The molecular formula is C32H28BrIN2O6S. The Morgan fingerprint density at radius 2 is 1.79 bits per heavy atom. The highest BCUT2D eigenvalue weighted by atomic mass is 127. The second-order valence-electron chi connectivity index (χ2n) is 9.28. The molecule has 0 unspecified atom stereocenters. The number of halogens is 2. The van der Waals surface area contributed by atoms with Crippen LogP contribution in [0, 0.1) is 3.57 Å². The maximum absolute atomic E-state index is 14.3. The van der Waals surface area contributed by atoms with Gasteiger partial charge in [0, 0.05) is 15.6 Å². The Hall–Kier alpha value is -3.42. The monoisotopic (exact) mass is 774 g/mol. The predicted molar refractivity (Wildman–Crippen MR) is 179 cm³/mol. The summed E-state index contributed by atoms with van der Waals surface area (Å²) >= 11 is 7.03. The Kier molecular flexibility index (Phi) is 9.72. The third kappa shape index (κ3) is 6.16. The number of rotatable bonds is 9. The van der Waals surface area contributed by atoms with Crippen molar-refractivity contribution >= 4 is 67.6 Å². The van der Waals surface area contributed by atoms with Crippen molar-refractivity contribution in [2.75, 3.05) is 27.4 Å². The Morgan fingerprint density at radius 3 is 2.47 bits per heavy atom. The van der Waals surface area contributed by atoms with Crippen LogP contribution in [0.25, 0.3) is 11.8 Å². The number of esters is 1. The van der Waals surface area contributed by atoms with Crippen molar-refractivity contribution in [2.24, 2.45) is 4.99 Å². The van der Waals surface area contributed by atoms with Crippen LogP contribution in [0.5, 0.6) is 17.2 Å². The molecule has 0 amide bonds. The van der Waals surface area contributed by atoms with Crippen molar-refractivity contribution in [3.8, 4) is 17.2 Å². The van der Waals surface area contributed by atoms with Gasteiger partial charge in [-0.05, 0) is 72.3 Å². The van der Waals surface area contributed by atoms with Crippen molar-refractivity contribution in [3.05, 3.63) is 111 Å². The highest BCUT2D eigenvalue weighted by molar-refractivity contribution is 14.1. The largest absolute Gasteiger partial charge is 0.493 e. The van der Waals surface area contributed by atoms with Crippen molar-refractivity contribution in [1.82, 2.24) is 4.57 Å². The number of hydrogen-bond acceptors (Lipinski definition) is 8. The first-order valence-corrected chi connectivity index (χ1v) is 16.1. The molecule has 222 valence electrons. The van der Waals surface area contributed by atoms with Crippen LogP contribution >= 0.6 is 49.9 Å². The van der Waals surface area contributed by atoms with Crippen LogP contribution < -0.4 is 29.1 Å². The van der Waals surface area contributed by atoms with Gasteiger partial charge in [0.05, 0.1) is 52.8 Å². The van der Waals surface area contributed by atoms with Crippen LogP contribution in [0.4, 0.5) is 0 Å². The van der Waals surface area contributed by atoms with Gasteiger partial charge in [0.15, 0.2) is 16.3 Å². The molecule has 3 aromatic carbocycles. The number of hydrogen-bond donors (Lipinski definition) is 0. The van der Waals surface area contributed by atoms with Gasteiger partial charge in [-0.15, -0.1) is 0 Å². The van der Waals surface area contributed by atoms with Gasteiger partial charge in [-0.1, -0.05) is 63.7 Å². The van der Waals surface area contributed by atoms with Gasteiger partial charge in [0.2, 0.25) is 0 Å². The standard InChI is InChI=1S/C32H28BrIN2O6S/c1-5-41-29-20(14-21(33)17-22(29)34)16-25-30(37)36-28(19-12-13-23(39-3)24(15-19)40-4)26(31(38)42-6-2)27(35-32(36)43-25)18-10-8-7-9-11-18/h7-17,28H,5-6H2,1-4H3/b25-16-/t28-/m0/s1. The molecule has 4 aromatic rings. The van der Waals surface area contributed by atoms with E-state index < -0.39 is 12.0 Å². The molecule has 0 saturated carbocycles. The molecular weight excluding hydrogens is 747 g/mol. The van der Waals surface area contributed by atoms with Gasteiger partial charge >= 0.3 is 5.97 Å². The lowest BCUT2D eigenvalue weighted by Crippen LogP contribution is -2.40. The summed E-state index contributed by atoms with van der Waals surface area (Å²) in [5, 5.41) is 0. The maximum Gasteiger partial charge on any atom is 0.338 e. The fourth-order valence-corrected chi connectivity index (χ4v) is 7.60. The van der Waals surface area contributed by atoms with Crippen LogP contribution in [0.2, 0.25) is 0 Å². The fourth-order valence-electron chi connectivity index (χ4n) is 4.90. The van der Waals surface area contributed by atoms with E-state index in [4.69, 9.17) is 23.9 Å². The summed E-state index contributed by atoms with van der Waals surface area (Å²) in [6.07, 6.45) is 1.81. The van der Waals surface area contributed by atoms with Gasteiger partial charge in [0.1, 0.15) is 5.75 Å². The van der Waals surface area contributed by atoms with E-state index in [0.29, 0.717) is 44.4 Å². The summed E-state index contributed by atoms with van der Waals surface area (Å²) in [5.74, 6) is 1.12. The molecule has 2 heterocycles. The first-order valence-electron chi connectivity index (χ1n) is 13.4. The number of carbonyl (C=O) groups is 1. The number of nitrogens with zero attached hydrogens (tertiary/aromatic N) is 2. The third-order valence-electron chi connectivity index (χ3n) is 6.71. The van der Waals surface area contributed by atoms with Crippen LogP contribution in [0.1, 0.15) is 36.6 Å². The fraction of sp³-hybridized carbons (Fsp3) is 0.219. The number of carbonyl (C=O) groups excluding carboxylic acids is 1. The van der Waals surface area contributed by atoms with Crippen molar-refractivity contribution < 1.29 is 23.7 Å². The number of thiazole rings is 1. The summed E-state index contributed by atoms with van der Waals surface area (Å²) in [5.41, 5.74) is 2.53. The van der Waals surface area contributed by atoms with E-state index >= 15 is 0 Å². The minimum Gasteiger partial charge on any atom is -0.493 e. The molecule has 5 rings (SSSR count). The lowest BCUT2D eigenvalue weighted by Gasteiger charge is -2.26. The quantitative estimate of drug-likeness (QED) is 0.160. The van der Waals surface area contributed by atoms with E-state index in [9.17, 15) is 9.59 Å². The molecule has 1 atom stereocenters. The van der Waals surface area contributed by atoms with Gasteiger partial charge in [-0.25, -0.2) is 9.79 Å². The number of aromatic nitrogens is 1. The van der Waals surface area contributed by atoms with E-state index in [1.807, 2.05) is 61.5 Å². The summed E-state index contributed by atoms with van der Waals surface area (Å²) < 4.78 is 26.3. The second-order valence-corrected chi connectivity index (χ2v) is 12.4. The Balaban J connectivity index is 1.85. The Morgan fingerprint density at radius 1 is 1.05 bits per heavy atom. The van der Waals surface area contributed by atoms with Crippen molar-refractivity contribution in [1.29, 1.82) is 0 Å². The number of ether oxygens (including phenoxy) is 4. The summed E-state index contributed by atoms with van der Waals surface area (Å²) in [6.45, 7) is 4.30. The third-order valence-corrected chi connectivity index (χ3v) is 8.95. The highest BCUT2D eigenvalue weighted by Gasteiger charge is 2.35. The zero-order chi connectivity index (χ0) is 30.7. The van der Waals surface area contributed by atoms with E-state index in [1.54, 1.807) is 37.8 Å². The normalized spacial score (nSPS) is 14.7. The smallest absolute Gasteiger partial charge is 0.338 e. The minimum atomic E-state index is -0.846. The zero-order valence-corrected chi connectivity index (χ0v) is 28.4. The molecule has 0 radical (unpaired) electrons. The van der Waals surface area contributed by atoms with Gasteiger partial charge < -0.3 is 18.9 Å². The SMILES string of the molecule is CCOC(=O)C1=C(c2ccccc2)N=c2s/c(=C\c3cc(Br)cc(I)c3OCC)c(=O)n2[C@H]1c1ccc(OC)c(OC)c1. The molecule has 0 aliphatic carbocycles. The van der Waals surface area contributed by atoms with Crippen LogP contribution in [0.15, 0.2) is 80.5 Å². The first kappa shape index (κ1) is 31.0. The van der Waals surface area contributed by atoms with Gasteiger partial charge in [0.25, 0.3) is 5.56 Å². The van der Waals surface area contributed by atoms with E-state index in [2.05, 4.69) is 38.5 Å². The molecule has 0 N–H and O–H groups in total. The molecule has 1 aliphatic rings. The van der Waals surface area contributed by atoms with E-state index in [1.165, 1.54) is 11.3 Å². The highest BCUT2D eigenvalue weighted by Crippen LogP contribution is 2.38. The summed E-state index contributed by atoms with van der Waals surface area (Å²) in [4.78, 5) is 33.4. The maximum atomic E-state index is 14.3. The average Bonchev–Trinajstić information content (AvgIpc) is 3.32. The predicted octanol–water partition coefficient (Wildman–Crippen LogP) is 5.72. The van der Waals surface area contributed by atoms with E-state index in [0.717, 1.165) is 19.2 Å². The minimum absolute atomic E-state index is 0.162. The van der Waals surface area contributed by atoms with Gasteiger partial charge in [-0.2, -0.15) is 0 Å². The molecule has 0 fully saturated rings. The Bertz CT molecular complexity index is 1900. The summed E-state index contributed by atoms with van der Waals surface area (Å²) in [6, 6.07) is 17.8.